The van der Waals surface area contributed by atoms with Gasteiger partial charge in [0.2, 0.25) is 0 Å². The first-order valence-electron chi connectivity index (χ1n) is 7.67. The second kappa shape index (κ2) is 12.7. The van der Waals surface area contributed by atoms with Crippen molar-refractivity contribution in [2.45, 2.75) is 58.3 Å². The van der Waals surface area contributed by atoms with Crippen LogP contribution in [0.2, 0.25) is 0 Å². The van der Waals surface area contributed by atoms with E-state index in [1.165, 1.54) is 56.4 Å². The van der Waals surface area contributed by atoms with E-state index in [0.717, 1.165) is 12.8 Å². The van der Waals surface area contributed by atoms with Gasteiger partial charge in [0.05, 0.1) is 5.56 Å². The van der Waals surface area contributed by atoms with E-state index in [0.29, 0.717) is 12.2 Å². The average molecular weight is 315 g/mol. The SMILES string of the molecule is CCCCCCCCCC(=O)Oc1ccc(C(=O)O)cc1.[Na]. The van der Waals surface area contributed by atoms with E-state index in [2.05, 4.69) is 6.92 Å². The molecule has 0 atom stereocenters. The molecule has 0 spiro atoms. The van der Waals surface area contributed by atoms with Crippen LogP contribution in [0, 0.1) is 0 Å². The Labute approximate surface area is 154 Å². The molecule has 5 heteroatoms. The Kier molecular flexibility index (Phi) is 12.2. The van der Waals surface area contributed by atoms with Crippen molar-refractivity contribution in [3.8, 4) is 5.75 Å². The number of aromatic carboxylic acids is 1. The van der Waals surface area contributed by atoms with Crippen LogP contribution in [0.15, 0.2) is 24.3 Å². The van der Waals surface area contributed by atoms with Crippen LogP contribution in [0.1, 0.15) is 68.6 Å². The number of carboxylic acid groups (broad SMARTS) is 1. The van der Waals surface area contributed by atoms with E-state index in [1.807, 2.05) is 0 Å². The Bertz CT molecular complexity index is 442. The predicted molar refractivity (Wildman–Crippen MR) is 87.4 cm³/mol. The maximum atomic E-state index is 11.6. The molecule has 1 aromatic carbocycles. The van der Waals surface area contributed by atoms with E-state index < -0.39 is 5.97 Å². The summed E-state index contributed by atoms with van der Waals surface area (Å²) in [6.07, 6.45) is 8.52. The first-order valence-corrected chi connectivity index (χ1v) is 7.67. The third-order valence-electron chi connectivity index (χ3n) is 3.32. The molecule has 0 aliphatic heterocycles. The summed E-state index contributed by atoms with van der Waals surface area (Å²) in [7, 11) is 0. The molecule has 1 N–H and O–H groups in total. The molecule has 4 nitrogen and oxygen atoms in total. The number of hydrogen-bond donors (Lipinski definition) is 1. The standard InChI is InChI=1S/C17H24O4.Na/c1-2-3-4-5-6-7-8-9-16(18)21-15-12-10-14(11-13-15)17(19)20;/h10-13H,2-9H2,1H3,(H,19,20);. The van der Waals surface area contributed by atoms with Crippen LogP contribution < -0.4 is 4.74 Å². The fourth-order valence-electron chi connectivity index (χ4n) is 2.07. The van der Waals surface area contributed by atoms with Crippen LogP contribution in [-0.4, -0.2) is 46.6 Å². The van der Waals surface area contributed by atoms with E-state index in [-0.39, 0.29) is 41.1 Å². The van der Waals surface area contributed by atoms with Gasteiger partial charge in [0, 0.05) is 36.0 Å². The molecule has 0 unspecified atom stereocenters. The van der Waals surface area contributed by atoms with Gasteiger partial charge in [-0.3, -0.25) is 4.79 Å². The summed E-state index contributed by atoms with van der Waals surface area (Å²) in [4.78, 5) is 22.3. The zero-order chi connectivity index (χ0) is 15.5. The molecular formula is C17H24NaO4. The molecule has 0 aliphatic rings. The van der Waals surface area contributed by atoms with Crippen molar-refractivity contribution in [3.05, 3.63) is 29.8 Å². The Morgan fingerprint density at radius 2 is 1.50 bits per heavy atom. The fourth-order valence-corrected chi connectivity index (χ4v) is 2.07. The number of unbranched alkanes of at least 4 members (excludes halogenated alkanes) is 6. The summed E-state index contributed by atoms with van der Waals surface area (Å²) in [5.74, 6) is -0.851. The van der Waals surface area contributed by atoms with E-state index in [1.54, 1.807) is 0 Å². The fraction of sp³-hybridized carbons (Fsp3) is 0.529. The van der Waals surface area contributed by atoms with Crippen LogP contribution in [0.5, 0.6) is 5.75 Å². The van der Waals surface area contributed by atoms with Gasteiger partial charge in [-0.25, -0.2) is 4.79 Å². The van der Waals surface area contributed by atoms with Gasteiger partial charge in [0.1, 0.15) is 5.75 Å². The van der Waals surface area contributed by atoms with Crippen molar-refractivity contribution in [2.75, 3.05) is 0 Å². The Morgan fingerprint density at radius 3 is 2.05 bits per heavy atom. The number of rotatable bonds is 10. The average Bonchev–Trinajstić information content (AvgIpc) is 2.47. The molecule has 0 saturated heterocycles. The van der Waals surface area contributed by atoms with E-state index in [4.69, 9.17) is 9.84 Å². The third kappa shape index (κ3) is 9.23. The van der Waals surface area contributed by atoms with Gasteiger partial charge in [-0.15, -0.1) is 0 Å². The van der Waals surface area contributed by atoms with Crippen molar-refractivity contribution in [1.82, 2.24) is 0 Å². The zero-order valence-corrected chi connectivity index (χ0v) is 15.6. The van der Waals surface area contributed by atoms with Crippen LogP contribution in [0.4, 0.5) is 0 Å². The van der Waals surface area contributed by atoms with Crippen LogP contribution in [-0.2, 0) is 4.79 Å². The summed E-state index contributed by atoms with van der Waals surface area (Å²) >= 11 is 0. The summed E-state index contributed by atoms with van der Waals surface area (Å²) in [5, 5.41) is 8.77. The molecule has 0 saturated carbocycles. The first kappa shape index (κ1) is 21.2. The minimum atomic E-state index is -0.990. The number of esters is 1. The molecule has 0 fully saturated rings. The molecule has 1 radical (unpaired) electrons. The van der Waals surface area contributed by atoms with Gasteiger partial charge in [0.25, 0.3) is 0 Å². The molecule has 0 heterocycles. The molecule has 0 aliphatic carbocycles. The summed E-state index contributed by atoms with van der Waals surface area (Å²) in [6, 6.07) is 5.87. The number of hydrogen-bond acceptors (Lipinski definition) is 3. The zero-order valence-electron chi connectivity index (χ0n) is 13.6. The van der Waals surface area contributed by atoms with Crippen molar-refractivity contribution < 1.29 is 19.4 Å². The minimum Gasteiger partial charge on any atom is -0.478 e. The third-order valence-corrected chi connectivity index (χ3v) is 3.32. The second-order valence-electron chi connectivity index (χ2n) is 5.17. The quantitative estimate of drug-likeness (QED) is 0.306. The van der Waals surface area contributed by atoms with Crippen LogP contribution in [0.25, 0.3) is 0 Å². The van der Waals surface area contributed by atoms with Gasteiger partial charge >= 0.3 is 11.9 Å². The number of carboxylic acids is 1. The first-order chi connectivity index (χ1) is 10.1. The van der Waals surface area contributed by atoms with Gasteiger partial charge < -0.3 is 9.84 Å². The molecule has 1 rings (SSSR count). The molecule has 0 bridgehead atoms. The monoisotopic (exact) mass is 315 g/mol. The molecule has 22 heavy (non-hydrogen) atoms. The summed E-state index contributed by atoms with van der Waals surface area (Å²) < 4.78 is 5.16. The molecular weight excluding hydrogens is 291 g/mol. The Balaban J connectivity index is 0.00000441. The summed E-state index contributed by atoms with van der Waals surface area (Å²) in [5.41, 5.74) is 0.182. The number of carbonyl (C=O) groups excluding carboxylic acids is 1. The van der Waals surface area contributed by atoms with Crippen LogP contribution in [0.3, 0.4) is 0 Å². The minimum absolute atomic E-state index is 0. The van der Waals surface area contributed by atoms with Crippen molar-refractivity contribution >= 4 is 41.5 Å². The van der Waals surface area contributed by atoms with Gasteiger partial charge in [-0.1, -0.05) is 45.4 Å². The van der Waals surface area contributed by atoms with Gasteiger partial charge in [0.15, 0.2) is 0 Å². The smallest absolute Gasteiger partial charge is 0.335 e. The summed E-state index contributed by atoms with van der Waals surface area (Å²) in [6.45, 7) is 2.19. The molecule has 0 amide bonds. The molecule has 1 aromatic rings. The largest absolute Gasteiger partial charge is 0.478 e. The van der Waals surface area contributed by atoms with Gasteiger partial charge in [-0.2, -0.15) is 0 Å². The topological polar surface area (TPSA) is 63.6 Å². The second-order valence-corrected chi connectivity index (χ2v) is 5.17. The maximum absolute atomic E-state index is 11.6. The Hall–Kier alpha value is -0.840. The van der Waals surface area contributed by atoms with E-state index >= 15 is 0 Å². The maximum Gasteiger partial charge on any atom is 0.335 e. The Morgan fingerprint density at radius 1 is 0.955 bits per heavy atom. The van der Waals surface area contributed by atoms with Crippen molar-refractivity contribution in [1.29, 1.82) is 0 Å². The predicted octanol–water partition coefficient (Wildman–Crippen LogP) is 4.05. The van der Waals surface area contributed by atoms with Gasteiger partial charge in [-0.05, 0) is 30.7 Å². The van der Waals surface area contributed by atoms with E-state index in [9.17, 15) is 9.59 Å². The van der Waals surface area contributed by atoms with Crippen molar-refractivity contribution in [3.63, 3.8) is 0 Å². The van der Waals surface area contributed by atoms with Crippen molar-refractivity contribution in [2.24, 2.45) is 0 Å². The normalized spacial score (nSPS) is 9.86. The molecule has 0 aromatic heterocycles. The van der Waals surface area contributed by atoms with Crippen LogP contribution >= 0.6 is 0 Å². The molecule has 117 valence electrons. The number of benzene rings is 1. The number of ether oxygens (including phenoxy) is 1. The number of carbonyl (C=O) groups is 2.